The van der Waals surface area contributed by atoms with E-state index in [1.807, 2.05) is 0 Å². The Morgan fingerprint density at radius 3 is 2.94 bits per heavy atom. The van der Waals surface area contributed by atoms with Crippen LogP contribution in [0.3, 0.4) is 0 Å². The Bertz CT molecular complexity index is 347. The summed E-state index contributed by atoms with van der Waals surface area (Å²) in [6, 6.07) is 0. The van der Waals surface area contributed by atoms with Gasteiger partial charge in [-0.2, -0.15) is 0 Å². The summed E-state index contributed by atoms with van der Waals surface area (Å²) in [7, 11) is 0. The first-order valence-electron chi connectivity index (χ1n) is 6.38. The molecule has 0 aromatic carbocycles. The highest BCUT2D eigenvalue weighted by atomic mass is 16.5. The number of carbonyl (C=O) groups is 1. The molecular formula is C14H22O3. The van der Waals surface area contributed by atoms with Gasteiger partial charge in [0.05, 0.1) is 19.3 Å². The van der Waals surface area contributed by atoms with Gasteiger partial charge in [0, 0.05) is 18.3 Å². The van der Waals surface area contributed by atoms with Crippen molar-refractivity contribution in [2.45, 2.75) is 40.2 Å². The highest BCUT2D eigenvalue weighted by Crippen LogP contribution is 2.48. The average Bonchev–Trinajstić information content (AvgIpc) is 2.27. The van der Waals surface area contributed by atoms with Gasteiger partial charge in [0.2, 0.25) is 0 Å². The molecule has 0 spiro atoms. The number of esters is 1. The van der Waals surface area contributed by atoms with Crippen LogP contribution in [0.1, 0.15) is 34.1 Å². The maximum atomic E-state index is 11.0. The largest absolute Gasteiger partial charge is 0.465 e. The predicted octanol–water partition coefficient (Wildman–Crippen LogP) is 2.56. The van der Waals surface area contributed by atoms with Crippen LogP contribution in [0.5, 0.6) is 0 Å². The average molecular weight is 238 g/mol. The van der Waals surface area contributed by atoms with Crippen LogP contribution < -0.4 is 0 Å². The first-order valence-corrected chi connectivity index (χ1v) is 6.38. The van der Waals surface area contributed by atoms with Gasteiger partial charge < -0.3 is 9.47 Å². The van der Waals surface area contributed by atoms with Crippen molar-refractivity contribution in [2.75, 3.05) is 13.2 Å². The van der Waals surface area contributed by atoms with Crippen molar-refractivity contribution < 1.29 is 14.3 Å². The minimum Gasteiger partial charge on any atom is -0.465 e. The second-order valence-electron chi connectivity index (χ2n) is 5.67. The minimum absolute atomic E-state index is 0.0116. The van der Waals surface area contributed by atoms with Crippen LogP contribution in [0.4, 0.5) is 0 Å². The molecule has 0 N–H and O–H groups in total. The van der Waals surface area contributed by atoms with Crippen LogP contribution in [-0.2, 0) is 14.3 Å². The number of allylic oxidation sites excluding steroid dienone is 1. The monoisotopic (exact) mass is 238 g/mol. The van der Waals surface area contributed by atoms with E-state index in [4.69, 9.17) is 9.47 Å². The van der Waals surface area contributed by atoms with Crippen molar-refractivity contribution in [3.63, 3.8) is 0 Å². The van der Waals surface area contributed by atoms with Gasteiger partial charge in [-0.05, 0) is 26.2 Å². The van der Waals surface area contributed by atoms with Gasteiger partial charge in [-0.1, -0.05) is 18.6 Å². The standard InChI is InChI=1S/C14H22O3/c1-9-5-10(2)14(8-17-12(4)15)6-13(9)11(3)16-7-14/h5,10-11,13H,6-8H2,1-4H3/t10-,11-,13+,14+/m1/s1. The molecule has 2 aliphatic rings. The number of rotatable bonds is 2. The normalized spacial score (nSPS) is 40.7. The molecule has 3 nitrogen and oxygen atoms in total. The Morgan fingerprint density at radius 1 is 1.59 bits per heavy atom. The van der Waals surface area contributed by atoms with E-state index in [0.717, 1.165) is 6.42 Å². The molecule has 3 heteroatoms. The van der Waals surface area contributed by atoms with Crippen molar-refractivity contribution in [1.29, 1.82) is 0 Å². The molecule has 1 aliphatic carbocycles. The van der Waals surface area contributed by atoms with Crippen molar-refractivity contribution in [2.24, 2.45) is 17.3 Å². The van der Waals surface area contributed by atoms with Crippen LogP contribution in [-0.4, -0.2) is 25.3 Å². The molecule has 2 rings (SSSR count). The lowest BCUT2D eigenvalue weighted by Gasteiger charge is -2.49. The molecule has 1 aliphatic heterocycles. The molecule has 1 saturated heterocycles. The molecule has 2 bridgehead atoms. The summed E-state index contributed by atoms with van der Waals surface area (Å²) < 4.78 is 11.1. The van der Waals surface area contributed by atoms with Gasteiger partial charge in [0.15, 0.2) is 0 Å². The molecule has 4 atom stereocenters. The zero-order chi connectivity index (χ0) is 12.6. The topological polar surface area (TPSA) is 35.5 Å². The fourth-order valence-electron chi connectivity index (χ4n) is 3.10. The van der Waals surface area contributed by atoms with Crippen molar-refractivity contribution in [1.82, 2.24) is 0 Å². The lowest BCUT2D eigenvalue weighted by molar-refractivity contribution is -0.159. The van der Waals surface area contributed by atoms with Crippen LogP contribution >= 0.6 is 0 Å². The molecule has 0 aromatic rings. The molecule has 0 unspecified atom stereocenters. The Labute approximate surface area is 103 Å². The summed E-state index contributed by atoms with van der Waals surface area (Å²) in [5.41, 5.74) is 1.41. The summed E-state index contributed by atoms with van der Waals surface area (Å²) in [6.45, 7) is 9.16. The van der Waals surface area contributed by atoms with E-state index in [0.29, 0.717) is 25.0 Å². The van der Waals surface area contributed by atoms with E-state index in [1.165, 1.54) is 12.5 Å². The SMILES string of the molecule is CC(=O)OC[C@@]12CO[C@H](C)[C@@H](C1)C(C)=C[C@H]2C. The maximum Gasteiger partial charge on any atom is 0.302 e. The third-order valence-electron chi connectivity index (χ3n) is 4.45. The van der Waals surface area contributed by atoms with Gasteiger partial charge in [-0.25, -0.2) is 0 Å². The van der Waals surface area contributed by atoms with Crippen LogP contribution in [0.2, 0.25) is 0 Å². The summed E-state index contributed by atoms with van der Waals surface area (Å²) in [6.07, 6.45) is 3.69. The Hall–Kier alpha value is -0.830. The fourth-order valence-corrected chi connectivity index (χ4v) is 3.10. The maximum absolute atomic E-state index is 11.0. The van der Waals surface area contributed by atoms with Gasteiger partial charge in [-0.15, -0.1) is 0 Å². The van der Waals surface area contributed by atoms with Crippen molar-refractivity contribution in [3.05, 3.63) is 11.6 Å². The lowest BCUT2D eigenvalue weighted by atomic mass is 9.63. The summed E-state index contributed by atoms with van der Waals surface area (Å²) >= 11 is 0. The van der Waals surface area contributed by atoms with Crippen LogP contribution in [0, 0.1) is 17.3 Å². The first-order chi connectivity index (χ1) is 7.94. The lowest BCUT2D eigenvalue weighted by Crippen LogP contribution is -2.50. The second-order valence-corrected chi connectivity index (χ2v) is 5.67. The smallest absolute Gasteiger partial charge is 0.302 e. The highest BCUT2D eigenvalue weighted by molar-refractivity contribution is 5.65. The van der Waals surface area contributed by atoms with E-state index in [1.54, 1.807) is 0 Å². The zero-order valence-corrected chi connectivity index (χ0v) is 11.2. The number of fused-ring (bicyclic) bond motifs is 2. The molecule has 0 radical (unpaired) electrons. The quantitative estimate of drug-likeness (QED) is 0.548. The Kier molecular flexibility index (Phi) is 3.30. The number of hydrogen-bond donors (Lipinski definition) is 0. The molecule has 0 amide bonds. The molecular weight excluding hydrogens is 216 g/mol. The molecule has 1 fully saturated rings. The summed E-state index contributed by atoms with van der Waals surface area (Å²) in [5, 5.41) is 0. The number of carbonyl (C=O) groups excluding carboxylic acids is 1. The van der Waals surface area contributed by atoms with E-state index in [-0.39, 0.29) is 17.5 Å². The fraction of sp³-hybridized carbons (Fsp3) is 0.786. The second kappa shape index (κ2) is 4.45. The summed E-state index contributed by atoms with van der Waals surface area (Å²) in [4.78, 5) is 11.0. The van der Waals surface area contributed by atoms with Gasteiger partial charge in [-0.3, -0.25) is 4.79 Å². The molecule has 0 saturated carbocycles. The molecule has 96 valence electrons. The third-order valence-corrected chi connectivity index (χ3v) is 4.45. The van der Waals surface area contributed by atoms with E-state index in [9.17, 15) is 4.79 Å². The van der Waals surface area contributed by atoms with E-state index in [2.05, 4.69) is 26.8 Å². The first kappa shape index (κ1) is 12.6. The Morgan fingerprint density at radius 2 is 2.29 bits per heavy atom. The molecule has 17 heavy (non-hydrogen) atoms. The molecule has 1 heterocycles. The molecule has 0 aromatic heterocycles. The predicted molar refractivity (Wildman–Crippen MR) is 65.5 cm³/mol. The van der Waals surface area contributed by atoms with Crippen molar-refractivity contribution in [3.8, 4) is 0 Å². The van der Waals surface area contributed by atoms with Crippen LogP contribution in [0.25, 0.3) is 0 Å². The van der Waals surface area contributed by atoms with E-state index >= 15 is 0 Å². The van der Waals surface area contributed by atoms with Crippen LogP contribution in [0.15, 0.2) is 11.6 Å². The third kappa shape index (κ3) is 2.25. The van der Waals surface area contributed by atoms with Gasteiger partial charge in [0.25, 0.3) is 0 Å². The van der Waals surface area contributed by atoms with Crippen molar-refractivity contribution >= 4 is 5.97 Å². The number of hydrogen-bond acceptors (Lipinski definition) is 3. The van der Waals surface area contributed by atoms with Gasteiger partial charge >= 0.3 is 5.97 Å². The van der Waals surface area contributed by atoms with Gasteiger partial charge in [0.1, 0.15) is 0 Å². The Balaban J connectivity index is 2.19. The highest BCUT2D eigenvalue weighted by Gasteiger charge is 2.47. The zero-order valence-electron chi connectivity index (χ0n) is 11.2. The summed E-state index contributed by atoms with van der Waals surface area (Å²) in [5.74, 6) is 0.689. The minimum atomic E-state index is -0.201. The number of ether oxygens (including phenoxy) is 2. The van der Waals surface area contributed by atoms with E-state index < -0.39 is 0 Å².